The molecule has 22 heavy (non-hydrogen) atoms. The number of methoxy groups -OCH3 is 2. The van der Waals surface area contributed by atoms with Crippen molar-refractivity contribution in [1.29, 1.82) is 0 Å². The van der Waals surface area contributed by atoms with Crippen molar-refractivity contribution in [2.45, 2.75) is 0 Å². The van der Waals surface area contributed by atoms with E-state index in [9.17, 15) is 9.18 Å². The minimum absolute atomic E-state index is 0.0696. The fourth-order valence-corrected chi connectivity index (χ4v) is 1.94. The minimum Gasteiger partial charge on any atom is -0.497 e. The first kappa shape index (κ1) is 15.9. The maximum absolute atomic E-state index is 13.1. The molecule has 7 heteroatoms. The van der Waals surface area contributed by atoms with Crippen molar-refractivity contribution < 1.29 is 18.7 Å². The number of urea groups is 1. The van der Waals surface area contributed by atoms with Crippen molar-refractivity contribution in [3.05, 3.63) is 47.2 Å². The Hall–Kier alpha value is -2.47. The molecule has 0 aliphatic carbocycles. The van der Waals surface area contributed by atoms with Crippen LogP contribution < -0.4 is 20.1 Å². The van der Waals surface area contributed by atoms with Crippen LogP contribution >= 0.6 is 11.6 Å². The Morgan fingerprint density at radius 2 is 1.86 bits per heavy atom. The van der Waals surface area contributed by atoms with Gasteiger partial charge in [-0.3, -0.25) is 0 Å². The highest BCUT2D eigenvalue weighted by Gasteiger charge is 2.10. The lowest BCUT2D eigenvalue weighted by atomic mass is 10.2. The highest BCUT2D eigenvalue weighted by Crippen LogP contribution is 2.29. The Morgan fingerprint density at radius 1 is 1.09 bits per heavy atom. The topological polar surface area (TPSA) is 59.6 Å². The monoisotopic (exact) mass is 324 g/mol. The zero-order chi connectivity index (χ0) is 16.1. The normalized spacial score (nSPS) is 10.0. The number of hydrogen-bond donors (Lipinski definition) is 2. The van der Waals surface area contributed by atoms with Crippen molar-refractivity contribution >= 4 is 29.0 Å². The van der Waals surface area contributed by atoms with Crippen LogP contribution in [0.2, 0.25) is 5.02 Å². The summed E-state index contributed by atoms with van der Waals surface area (Å²) in [6, 6.07) is 8.37. The number of halogens is 2. The largest absolute Gasteiger partial charge is 0.497 e. The highest BCUT2D eigenvalue weighted by atomic mass is 35.5. The van der Waals surface area contributed by atoms with Crippen molar-refractivity contribution in [3.63, 3.8) is 0 Å². The fourth-order valence-electron chi connectivity index (χ4n) is 1.76. The van der Waals surface area contributed by atoms with Crippen LogP contribution in [0, 0.1) is 5.82 Å². The maximum atomic E-state index is 13.1. The molecule has 0 radical (unpaired) electrons. The second kappa shape index (κ2) is 7.00. The van der Waals surface area contributed by atoms with Gasteiger partial charge in [0.25, 0.3) is 0 Å². The van der Waals surface area contributed by atoms with E-state index in [1.54, 1.807) is 18.2 Å². The molecule has 0 unspecified atom stereocenters. The number of benzene rings is 2. The van der Waals surface area contributed by atoms with Crippen LogP contribution in [0.4, 0.5) is 20.6 Å². The molecule has 0 saturated heterocycles. The van der Waals surface area contributed by atoms with Gasteiger partial charge >= 0.3 is 6.03 Å². The molecular formula is C15H14ClFN2O3. The first-order valence-corrected chi connectivity index (χ1v) is 6.66. The molecule has 0 saturated carbocycles. The summed E-state index contributed by atoms with van der Waals surface area (Å²) in [5.74, 6) is 0.504. The van der Waals surface area contributed by atoms with E-state index in [0.717, 1.165) is 0 Å². The summed E-state index contributed by atoms with van der Waals surface area (Å²) in [7, 11) is 3.02. The molecule has 0 spiro atoms. The van der Waals surface area contributed by atoms with Gasteiger partial charge in [-0.1, -0.05) is 11.6 Å². The van der Waals surface area contributed by atoms with Crippen molar-refractivity contribution in [2.24, 2.45) is 0 Å². The SMILES string of the molecule is COc1ccc(NC(=O)Nc2ccc(F)c(Cl)c2)c(OC)c1. The van der Waals surface area contributed by atoms with E-state index < -0.39 is 11.8 Å². The average molecular weight is 325 g/mol. The van der Waals surface area contributed by atoms with Crippen molar-refractivity contribution in [1.82, 2.24) is 0 Å². The lowest BCUT2D eigenvalue weighted by Gasteiger charge is -2.12. The van der Waals surface area contributed by atoms with E-state index in [0.29, 0.717) is 22.9 Å². The average Bonchev–Trinajstić information content (AvgIpc) is 2.51. The Morgan fingerprint density at radius 3 is 2.50 bits per heavy atom. The second-order valence-corrected chi connectivity index (χ2v) is 4.68. The summed E-state index contributed by atoms with van der Waals surface area (Å²) in [5.41, 5.74) is 0.838. The van der Waals surface area contributed by atoms with Gasteiger partial charge in [0.2, 0.25) is 0 Å². The predicted molar refractivity (Wildman–Crippen MR) is 83.6 cm³/mol. The quantitative estimate of drug-likeness (QED) is 0.888. The van der Waals surface area contributed by atoms with E-state index in [1.807, 2.05) is 0 Å². The van der Waals surface area contributed by atoms with Gasteiger partial charge in [-0.2, -0.15) is 0 Å². The summed E-state index contributed by atoms with van der Waals surface area (Å²) < 4.78 is 23.3. The molecular weight excluding hydrogens is 311 g/mol. The Balaban J connectivity index is 2.10. The molecule has 0 atom stereocenters. The van der Waals surface area contributed by atoms with E-state index in [4.69, 9.17) is 21.1 Å². The lowest BCUT2D eigenvalue weighted by molar-refractivity contribution is 0.262. The van der Waals surface area contributed by atoms with Crippen LogP contribution in [-0.4, -0.2) is 20.3 Å². The fraction of sp³-hybridized carbons (Fsp3) is 0.133. The molecule has 0 aliphatic rings. The summed E-state index contributed by atoms with van der Waals surface area (Å²) in [6.45, 7) is 0. The number of nitrogens with one attached hydrogen (secondary N) is 2. The van der Waals surface area contributed by atoms with Gasteiger partial charge in [0.15, 0.2) is 0 Å². The third-order valence-electron chi connectivity index (χ3n) is 2.83. The molecule has 2 aromatic rings. The van der Waals surface area contributed by atoms with Crippen molar-refractivity contribution in [2.75, 3.05) is 24.9 Å². The van der Waals surface area contributed by atoms with Gasteiger partial charge in [-0.25, -0.2) is 9.18 Å². The summed E-state index contributed by atoms with van der Waals surface area (Å²) in [6.07, 6.45) is 0. The van der Waals surface area contributed by atoms with Gasteiger partial charge in [-0.15, -0.1) is 0 Å². The Labute approximate surface area is 132 Å². The molecule has 2 N–H and O–H groups in total. The standard InChI is InChI=1S/C15H14ClFN2O3/c1-21-10-4-6-13(14(8-10)22-2)19-15(20)18-9-3-5-12(17)11(16)7-9/h3-8H,1-2H3,(H2,18,19,20). The highest BCUT2D eigenvalue weighted by molar-refractivity contribution is 6.31. The third-order valence-corrected chi connectivity index (χ3v) is 3.12. The molecule has 2 amide bonds. The smallest absolute Gasteiger partial charge is 0.323 e. The van der Waals surface area contributed by atoms with Crippen LogP contribution in [0.5, 0.6) is 11.5 Å². The number of carbonyl (C=O) groups is 1. The number of hydrogen-bond acceptors (Lipinski definition) is 3. The molecule has 0 fully saturated rings. The van der Waals surface area contributed by atoms with E-state index >= 15 is 0 Å². The van der Waals surface area contributed by atoms with E-state index in [2.05, 4.69) is 10.6 Å². The van der Waals surface area contributed by atoms with Crippen LogP contribution in [0.25, 0.3) is 0 Å². The zero-order valence-electron chi connectivity index (χ0n) is 11.9. The molecule has 0 heterocycles. The second-order valence-electron chi connectivity index (χ2n) is 4.27. The van der Waals surface area contributed by atoms with Crippen LogP contribution in [-0.2, 0) is 0 Å². The molecule has 2 aromatic carbocycles. The summed E-state index contributed by atoms with van der Waals surface area (Å²) in [5, 5.41) is 5.11. The predicted octanol–water partition coefficient (Wildman–Crippen LogP) is 4.14. The van der Waals surface area contributed by atoms with Crippen molar-refractivity contribution in [3.8, 4) is 11.5 Å². The summed E-state index contributed by atoms with van der Waals surface area (Å²) in [4.78, 5) is 12.0. The van der Waals surface area contributed by atoms with Crippen LogP contribution in [0.15, 0.2) is 36.4 Å². The molecule has 0 aliphatic heterocycles. The van der Waals surface area contributed by atoms with Gasteiger partial charge in [0, 0.05) is 11.8 Å². The van der Waals surface area contributed by atoms with Gasteiger partial charge in [0.1, 0.15) is 17.3 Å². The van der Waals surface area contributed by atoms with E-state index in [1.165, 1.54) is 32.4 Å². The Bertz CT molecular complexity index is 694. The number of amides is 2. The zero-order valence-corrected chi connectivity index (χ0v) is 12.7. The molecule has 0 bridgehead atoms. The third kappa shape index (κ3) is 3.79. The number of rotatable bonds is 4. The number of carbonyl (C=O) groups excluding carboxylic acids is 1. The molecule has 2 rings (SSSR count). The van der Waals surface area contributed by atoms with E-state index in [-0.39, 0.29) is 5.02 Å². The lowest BCUT2D eigenvalue weighted by Crippen LogP contribution is -2.19. The Kier molecular flexibility index (Phi) is 5.06. The molecule has 116 valence electrons. The van der Waals surface area contributed by atoms with Crippen LogP contribution in [0.1, 0.15) is 0 Å². The number of ether oxygens (including phenoxy) is 2. The van der Waals surface area contributed by atoms with Gasteiger partial charge in [-0.05, 0) is 30.3 Å². The summed E-state index contributed by atoms with van der Waals surface area (Å²) >= 11 is 5.66. The first-order chi connectivity index (χ1) is 10.5. The van der Waals surface area contributed by atoms with Crippen LogP contribution in [0.3, 0.4) is 0 Å². The number of anilines is 2. The molecule has 0 aromatic heterocycles. The first-order valence-electron chi connectivity index (χ1n) is 6.28. The van der Waals surface area contributed by atoms with Gasteiger partial charge < -0.3 is 20.1 Å². The van der Waals surface area contributed by atoms with Gasteiger partial charge in [0.05, 0.1) is 24.9 Å². The minimum atomic E-state index is -0.551. The maximum Gasteiger partial charge on any atom is 0.323 e. The molecule has 5 nitrogen and oxygen atoms in total.